The van der Waals surface area contributed by atoms with Gasteiger partial charge in [-0.1, -0.05) is 95.9 Å². The molecule has 0 amide bonds. The molecule has 1 saturated carbocycles. The minimum atomic E-state index is -3.03. The fourth-order valence-electron chi connectivity index (χ4n) is 5.41. The Morgan fingerprint density at radius 1 is 0.778 bits per heavy atom. The molecule has 1 aliphatic carbocycles. The van der Waals surface area contributed by atoms with Gasteiger partial charge in [0, 0.05) is 12.0 Å². The third-order valence-electron chi connectivity index (χ3n) is 7.57. The van der Waals surface area contributed by atoms with Crippen molar-refractivity contribution in [2.75, 3.05) is 6.61 Å². The summed E-state index contributed by atoms with van der Waals surface area (Å²) < 4.78 is 65.9. The molecular weight excluding hydrogens is 464 g/mol. The van der Waals surface area contributed by atoms with Crippen molar-refractivity contribution < 1.29 is 22.3 Å². The lowest BCUT2D eigenvalue weighted by atomic mass is 9.74. The summed E-state index contributed by atoms with van der Waals surface area (Å²) in [7, 11) is 0. The van der Waals surface area contributed by atoms with Crippen LogP contribution < -0.4 is 4.74 Å². The van der Waals surface area contributed by atoms with Crippen molar-refractivity contribution in [1.82, 2.24) is 0 Å². The molecule has 200 valence electrons. The third-order valence-corrected chi connectivity index (χ3v) is 7.57. The molecule has 0 bridgehead atoms. The van der Waals surface area contributed by atoms with Gasteiger partial charge in [-0.05, 0) is 48.4 Å². The zero-order valence-electron chi connectivity index (χ0n) is 21.9. The second-order valence-electron chi connectivity index (χ2n) is 10.4. The minimum absolute atomic E-state index is 0.0447. The normalized spacial score (nSPS) is 19.4. The highest BCUT2D eigenvalue weighted by Crippen LogP contribution is 2.49. The van der Waals surface area contributed by atoms with Crippen LogP contribution in [-0.2, 0) is 0 Å². The maximum absolute atomic E-state index is 15.1. The average Bonchev–Trinajstić information content (AvgIpc) is 2.86. The number of rotatable bonds is 14. The first kappa shape index (κ1) is 28.5. The van der Waals surface area contributed by atoms with E-state index in [4.69, 9.17) is 4.74 Å². The molecule has 0 heterocycles. The van der Waals surface area contributed by atoms with Crippen molar-refractivity contribution in [2.45, 2.75) is 109 Å². The van der Waals surface area contributed by atoms with Gasteiger partial charge >= 0.3 is 0 Å². The lowest BCUT2D eigenvalue weighted by Crippen LogP contribution is -2.35. The topological polar surface area (TPSA) is 9.23 Å². The quantitative estimate of drug-likeness (QED) is 0.183. The summed E-state index contributed by atoms with van der Waals surface area (Å²) in [5.41, 5.74) is 0.374. The number of ether oxygens (including phenoxy) is 1. The van der Waals surface area contributed by atoms with Gasteiger partial charge in [-0.25, -0.2) is 17.6 Å². The molecule has 0 spiro atoms. The van der Waals surface area contributed by atoms with Crippen LogP contribution in [0.5, 0.6) is 5.75 Å². The number of hydrogen-bond acceptors (Lipinski definition) is 1. The molecule has 2 atom stereocenters. The van der Waals surface area contributed by atoms with Gasteiger partial charge in [0.05, 0.1) is 12.5 Å². The average molecular weight is 507 g/mol. The molecule has 1 aliphatic rings. The number of halogens is 4. The van der Waals surface area contributed by atoms with Crippen molar-refractivity contribution in [3.05, 3.63) is 53.6 Å². The monoisotopic (exact) mass is 506 g/mol. The first-order valence-corrected chi connectivity index (χ1v) is 14.0. The molecule has 0 unspecified atom stereocenters. The molecule has 1 fully saturated rings. The third kappa shape index (κ3) is 7.73. The highest BCUT2D eigenvalue weighted by Gasteiger charge is 2.46. The summed E-state index contributed by atoms with van der Waals surface area (Å²) in [6.07, 6.45) is 11.5. The lowest BCUT2D eigenvalue weighted by Gasteiger charge is -2.36. The predicted molar refractivity (Wildman–Crippen MR) is 140 cm³/mol. The Balaban J connectivity index is 1.61. The highest BCUT2D eigenvalue weighted by atomic mass is 19.3. The molecule has 5 heteroatoms. The van der Waals surface area contributed by atoms with Crippen LogP contribution in [-0.4, -0.2) is 12.5 Å². The number of hydrogen-bond donors (Lipinski definition) is 0. The van der Waals surface area contributed by atoms with Crippen molar-refractivity contribution in [2.24, 2.45) is 5.92 Å². The van der Waals surface area contributed by atoms with E-state index in [0.717, 1.165) is 38.5 Å². The van der Waals surface area contributed by atoms with Gasteiger partial charge in [-0.2, -0.15) is 0 Å². The summed E-state index contributed by atoms with van der Waals surface area (Å²) in [6.45, 7) is 4.91. The van der Waals surface area contributed by atoms with Gasteiger partial charge in [0.1, 0.15) is 5.75 Å². The first-order chi connectivity index (χ1) is 17.4. The summed E-state index contributed by atoms with van der Waals surface area (Å²) in [5, 5.41) is 0. The molecule has 0 aromatic heterocycles. The Kier molecular flexibility index (Phi) is 11.1. The van der Waals surface area contributed by atoms with E-state index in [1.54, 1.807) is 24.3 Å². The van der Waals surface area contributed by atoms with Crippen LogP contribution in [0.3, 0.4) is 0 Å². The smallest absolute Gasteiger partial charge is 0.255 e. The van der Waals surface area contributed by atoms with Gasteiger partial charge in [0.2, 0.25) is 0 Å². The van der Waals surface area contributed by atoms with Crippen molar-refractivity contribution >= 4 is 0 Å². The highest BCUT2D eigenvalue weighted by molar-refractivity contribution is 5.65. The number of unbranched alkanes of at least 4 members (excludes halogenated alkanes) is 7. The van der Waals surface area contributed by atoms with E-state index in [-0.39, 0.29) is 29.9 Å². The summed E-state index contributed by atoms with van der Waals surface area (Å²) in [5.74, 6) is -5.88. The van der Waals surface area contributed by atoms with Crippen LogP contribution in [0, 0.1) is 17.6 Å². The van der Waals surface area contributed by atoms with E-state index >= 15 is 8.78 Å². The van der Waals surface area contributed by atoms with Crippen molar-refractivity contribution in [1.29, 1.82) is 0 Å². The largest absolute Gasteiger partial charge is 0.494 e. The van der Waals surface area contributed by atoms with Crippen LogP contribution >= 0.6 is 0 Å². The van der Waals surface area contributed by atoms with E-state index in [2.05, 4.69) is 13.8 Å². The van der Waals surface area contributed by atoms with Gasteiger partial charge in [-0.3, -0.25) is 0 Å². The summed E-state index contributed by atoms with van der Waals surface area (Å²) in [6, 6.07) is 9.64. The van der Waals surface area contributed by atoms with E-state index in [1.165, 1.54) is 37.8 Å². The van der Waals surface area contributed by atoms with Crippen LogP contribution in [0.2, 0.25) is 0 Å². The molecular formula is C31H42F4O. The zero-order valence-corrected chi connectivity index (χ0v) is 21.9. The van der Waals surface area contributed by atoms with Crippen molar-refractivity contribution in [3.8, 4) is 16.9 Å². The Morgan fingerprint density at radius 2 is 1.44 bits per heavy atom. The van der Waals surface area contributed by atoms with Crippen LogP contribution in [0.15, 0.2) is 36.4 Å². The Labute approximate surface area is 214 Å². The minimum Gasteiger partial charge on any atom is -0.494 e. The van der Waals surface area contributed by atoms with Crippen molar-refractivity contribution in [3.63, 3.8) is 0 Å². The molecule has 3 rings (SSSR count). The van der Waals surface area contributed by atoms with Crippen LogP contribution in [0.25, 0.3) is 11.1 Å². The van der Waals surface area contributed by atoms with E-state index < -0.39 is 23.5 Å². The molecule has 0 N–H and O–H groups in total. The predicted octanol–water partition coefficient (Wildman–Crippen LogP) is 10.5. The molecule has 0 radical (unpaired) electrons. The Hall–Kier alpha value is -2.04. The molecule has 2 aromatic carbocycles. The Morgan fingerprint density at radius 3 is 2.14 bits per heavy atom. The zero-order chi connectivity index (χ0) is 26.0. The van der Waals surface area contributed by atoms with E-state index in [1.807, 2.05) is 0 Å². The standard InChI is InChI=1S/C31H42F4O/c1-3-5-7-8-9-11-21-36-25-16-14-24(15-17-25)26-18-19-27(30(33)29(26)32)28-20-13-23(12-10-6-4-2)22-31(28,34)35/h14-19,23,28H,3-13,20-22H2,1-2H3/t23-,28+/m0/s1. The fourth-order valence-corrected chi connectivity index (χ4v) is 5.41. The molecule has 2 aromatic rings. The van der Waals surface area contributed by atoms with Gasteiger partial charge in [-0.15, -0.1) is 0 Å². The van der Waals surface area contributed by atoms with E-state index in [0.29, 0.717) is 24.3 Å². The first-order valence-electron chi connectivity index (χ1n) is 14.0. The lowest BCUT2D eigenvalue weighted by molar-refractivity contribution is -0.0747. The van der Waals surface area contributed by atoms with Gasteiger partial charge in [0.15, 0.2) is 11.6 Å². The summed E-state index contributed by atoms with van der Waals surface area (Å²) >= 11 is 0. The van der Waals surface area contributed by atoms with Gasteiger partial charge < -0.3 is 4.74 Å². The maximum Gasteiger partial charge on any atom is 0.255 e. The van der Waals surface area contributed by atoms with Gasteiger partial charge in [0.25, 0.3) is 5.92 Å². The molecule has 1 nitrogen and oxygen atoms in total. The van der Waals surface area contributed by atoms with Crippen LogP contribution in [0.4, 0.5) is 17.6 Å². The fraction of sp³-hybridized carbons (Fsp3) is 0.613. The molecule has 0 aliphatic heterocycles. The Bertz CT molecular complexity index is 925. The molecule has 0 saturated heterocycles. The van der Waals surface area contributed by atoms with E-state index in [9.17, 15) is 8.78 Å². The second kappa shape index (κ2) is 14.0. The van der Waals surface area contributed by atoms with Crippen LogP contribution in [0.1, 0.15) is 109 Å². The maximum atomic E-state index is 15.1. The SMILES string of the molecule is CCCCCCCCOc1ccc(-c2ccc([C@H]3CC[C@H](CCCCC)CC3(F)F)c(F)c2F)cc1. The second-order valence-corrected chi connectivity index (χ2v) is 10.4. The number of alkyl halides is 2. The molecule has 36 heavy (non-hydrogen) atoms. The number of benzene rings is 2. The summed E-state index contributed by atoms with van der Waals surface area (Å²) in [4.78, 5) is 0.